The second-order valence-electron chi connectivity index (χ2n) is 7.88. The molecule has 1 aliphatic carbocycles. The summed E-state index contributed by atoms with van der Waals surface area (Å²) in [4.78, 5) is 18.3. The Morgan fingerprint density at radius 3 is 2.14 bits per heavy atom. The average molecular weight is 308 g/mol. The number of aliphatic imine (C=N–C) groups is 1. The molecule has 0 bridgehead atoms. The Morgan fingerprint density at radius 1 is 1.18 bits per heavy atom. The van der Waals surface area contributed by atoms with Gasteiger partial charge in [0.1, 0.15) is 0 Å². The van der Waals surface area contributed by atoms with Gasteiger partial charge >= 0.3 is 0 Å². The van der Waals surface area contributed by atoms with E-state index < -0.39 is 0 Å². The Bertz CT molecular complexity index is 434. The number of carbonyl (C=O) groups is 1. The van der Waals surface area contributed by atoms with Crippen molar-refractivity contribution in [1.29, 1.82) is 0 Å². The lowest BCUT2D eigenvalue weighted by atomic mass is 9.93. The first kappa shape index (κ1) is 17.1. The predicted molar refractivity (Wildman–Crippen MR) is 90.8 cm³/mol. The summed E-state index contributed by atoms with van der Waals surface area (Å²) in [5.74, 6) is 1.67. The number of amides is 1. The highest BCUT2D eigenvalue weighted by molar-refractivity contribution is 5.81. The second-order valence-corrected chi connectivity index (χ2v) is 7.88. The normalized spacial score (nSPS) is 25.0. The zero-order valence-corrected chi connectivity index (χ0v) is 15.0. The van der Waals surface area contributed by atoms with Crippen LogP contribution in [0.2, 0.25) is 0 Å². The zero-order chi connectivity index (χ0) is 16.5. The SMILES string of the molecule is CN=C(NC1C(C)(C)C1(C)C)N1CCC(CC(=O)NC)CC1. The third-order valence-electron chi connectivity index (χ3n) is 6.17. The standard InChI is InChI=1S/C17H32N4O/c1-16(2)14(17(16,3)4)20-15(19-6)21-9-7-12(8-10-21)11-13(22)18-5/h12,14H,7-11H2,1-6H3,(H,18,22)(H,19,20). The number of guanidine groups is 1. The van der Waals surface area contributed by atoms with Crippen LogP contribution in [0.3, 0.4) is 0 Å². The predicted octanol–water partition coefficient (Wildman–Crippen LogP) is 1.84. The maximum absolute atomic E-state index is 11.5. The molecule has 0 unspecified atom stereocenters. The summed E-state index contributed by atoms with van der Waals surface area (Å²) in [7, 11) is 3.57. The summed E-state index contributed by atoms with van der Waals surface area (Å²) >= 11 is 0. The van der Waals surface area contributed by atoms with E-state index in [0.29, 0.717) is 29.2 Å². The molecular weight excluding hydrogens is 276 g/mol. The number of hydrogen-bond acceptors (Lipinski definition) is 2. The number of hydrogen-bond donors (Lipinski definition) is 2. The van der Waals surface area contributed by atoms with E-state index in [9.17, 15) is 4.79 Å². The minimum absolute atomic E-state index is 0.155. The van der Waals surface area contributed by atoms with Crippen molar-refractivity contribution in [1.82, 2.24) is 15.5 Å². The lowest BCUT2D eigenvalue weighted by Crippen LogP contribution is -2.47. The van der Waals surface area contributed by atoms with Crippen LogP contribution in [-0.2, 0) is 4.79 Å². The second kappa shape index (κ2) is 6.09. The third-order valence-corrected chi connectivity index (χ3v) is 6.17. The Morgan fingerprint density at radius 2 is 1.73 bits per heavy atom. The summed E-state index contributed by atoms with van der Waals surface area (Å²) < 4.78 is 0. The number of nitrogens with one attached hydrogen (secondary N) is 2. The quantitative estimate of drug-likeness (QED) is 0.618. The molecule has 2 fully saturated rings. The molecule has 0 radical (unpaired) electrons. The van der Waals surface area contributed by atoms with Crippen LogP contribution >= 0.6 is 0 Å². The van der Waals surface area contributed by atoms with Crippen LogP contribution in [-0.4, -0.2) is 50.0 Å². The Balaban J connectivity index is 1.86. The zero-order valence-electron chi connectivity index (χ0n) is 15.0. The maximum Gasteiger partial charge on any atom is 0.220 e. The maximum atomic E-state index is 11.5. The highest BCUT2D eigenvalue weighted by Gasteiger charge is 2.65. The topological polar surface area (TPSA) is 56.7 Å². The molecule has 2 aliphatic rings. The van der Waals surface area contributed by atoms with Crippen LogP contribution in [0.5, 0.6) is 0 Å². The van der Waals surface area contributed by atoms with Gasteiger partial charge in [0.15, 0.2) is 5.96 Å². The van der Waals surface area contributed by atoms with Crippen molar-refractivity contribution in [3.05, 3.63) is 0 Å². The largest absolute Gasteiger partial charge is 0.359 e. The minimum atomic E-state index is 0.155. The lowest BCUT2D eigenvalue weighted by molar-refractivity contribution is -0.121. The van der Waals surface area contributed by atoms with E-state index in [2.05, 4.69) is 48.2 Å². The summed E-state index contributed by atoms with van der Waals surface area (Å²) in [6, 6.07) is 0.474. The average Bonchev–Trinajstić information content (AvgIpc) is 2.87. The minimum Gasteiger partial charge on any atom is -0.359 e. The van der Waals surface area contributed by atoms with Gasteiger partial charge in [0.2, 0.25) is 5.91 Å². The van der Waals surface area contributed by atoms with Crippen LogP contribution < -0.4 is 10.6 Å². The van der Waals surface area contributed by atoms with E-state index in [0.717, 1.165) is 31.9 Å². The van der Waals surface area contributed by atoms with Gasteiger partial charge in [-0.1, -0.05) is 27.7 Å². The fourth-order valence-electron chi connectivity index (χ4n) is 3.70. The lowest BCUT2D eigenvalue weighted by Gasteiger charge is -2.34. The van der Waals surface area contributed by atoms with Gasteiger partial charge in [-0.25, -0.2) is 0 Å². The van der Waals surface area contributed by atoms with E-state index in [-0.39, 0.29) is 5.91 Å². The van der Waals surface area contributed by atoms with Crippen LogP contribution in [0.4, 0.5) is 0 Å². The van der Waals surface area contributed by atoms with Gasteiger partial charge in [-0.3, -0.25) is 9.79 Å². The number of rotatable bonds is 3. The summed E-state index contributed by atoms with van der Waals surface area (Å²) in [6.45, 7) is 11.2. The van der Waals surface area contributed by atoms with Crippen molar-refractivity contribution < 1.29 is 4.79 Å². The van der Waals surface area contributed by atoms with E-state index >= 15 is 0 Å². The molecule has 1 saturated heterocycles. The van der Waals surface area contributed by atoms with Crippen LogP contribution in [0.25, 0.3) is 0 Å². The highest BCUT2D eigenvalue weighted by atomic mass is 16.1. The number of nitrogens with zero attached hydrogens (tertiary/aromatic N) is 2. The smallest absolute Gasteiger partial charge is 0.220 e. The molecule has 1 aliphatic heterocycles. The number of piperidine rings is 1. The van der Waals surface area contributed by atoms with E-state index in [4.69, 9.17) is 0 Å². The van der Waals surface area contributed by atoms with Gasteiger partial charge in [0, 0.05) is 39.6 Å². The molecular formula is C17H32N4O. The molecule has 1 amide bonds. The van der Waals surface area contributed by atoms with E-state index in [1.807, 2.05) is 7.05 Å². The third kappa shape index (κ3) is 3.08. The first-order chi connectivity index (χ1) is 10.2. The molecule has 2 rings (SSSR count). The first-order valence-electron chi connectivity index (χ1n) is 8.43. The van der Waals surface area contributed by atoms with Crippen molar-refractivity contribution in [2.45, 2.75) is 53.0 Å². The van der Waals surface area contributed by atoms with Gasteiger partial charge in [0.05, 0.1) is 0 Å². The molecule has 1 heterocycles. The molecule has 0 atom stereocenters. The molecule has 5 nitrogen and oxygen atoms in total. The van der Waals surface area contributed by atoms with Crippen molar-refractivity contribution in [2.24, 2.45) is 21.7 Å². The number of carbonyl (C=O) groups excluding carboxylic acids is 1. The molecule has 1 saturated carbocycles. The van der Waals surface area contributed by atoms with Crippen molar-refractivity contribution >= 4 is 11.9 Å². The summed E-state index contributed by atoms with van der Waals surface area (Å²) in [5, 5.41) is 6.38. The van der Waals surface area contributed by atoms with Gasteiger partial charge in [0.25, 0.3) is 0 Å². The molecule has 22 heavy (non-hydrogen) atoms. The Kier molecular flexibility index (Phi) is 4.73. The molecule has 0 aromatic heterocycles. The monoisotopic (exact) mass is 308 g/mol. The van der Waals surface area contributed by atoms with Gasteiger partial charge in [-0.2, -0.15) is 0 Å². The van der Waals surface area contributed by atoms with Crippen LogP contribution in [0, 0.1) is 16.7 Å². The first-order valence-corrected chi connectivity index (χ1v) is 8.43. The Labute approximate surface area is 134 Å². The molecule has 0 aromatic carbocycles. The van der Waals surface area contributed by atoms with E-state index in [1.165, 1.54) is 0 Å². The van der Waals surface area contributed by atoms with Crippen molar-refractivity contribution in [3.63, 3.8) is 0 Å². The Hall–Kier alpha value is -1.26. The fourth-order valence-corrected chi connectivity index (χ4v) is 3.70. The van der Waals surface area contributed by atoms with Crippen LogP contribution in [0.1, 0.15) is 47.0 Å². The molecule has 0 aromatic rings. The summed E-state index contributed by atoms with van der Waals surface area (Å²) in [5.41, 5.74) is 0.612. The van der Waals surface area contributed by atoms with Crippen LogP contribution in [0.15, 0.2) is 4.99 Å². The van der Waals surface area contributed by atoms with Gasteiger partial charge in [-0.15, -0.1) is 0 Å². The molecule has 2 N–H and O–H groups in total. The molecule has 126 valence electrons. The van der Waals surface area contributed by atoms with Crippen molar-refractivity contribution in [2.75, 3.05) is 27.2 Å². The highest BCUT2D eigenvalue weighted by Crippen LogP contribution is 2.62. The van der Waals surface area contributed by atoms with Gasteiger partial charge in [-0.05, 0) is 29.6 Å². The molecule has 5 heteroatoms. The van der Waals surface area contributed by atoms with Gasteiger partial charge < -0.3 is 15.5 Å². The van der Waals surface area contributed by atoms with Crippen molar-refractivity contribution in [3.8, 4) is 0 Å². The van der Waals surface area contributed by atoms with E-state index in [1.54, 1.807) is 7.05 Å². The molecule has 0 spiro atoms. The fraction of sp³-hybridized carbons (Fsp3) is 0.882. The number of likely N-dealkylation sites (tertiary alicyclic amines) is 1. The summed E-state index contributed by atoms with van der Waals surface area (Å²) in [6.07, 6.45) is 2.77.